The molecule has 3 heterocycles. The van der Waals surface area contributed by atoms with Crippen LogP contribution in [0.1, 0.15) is 5.56 Å². The highest BCUT2D eigenvalue weighted by Crippen LogP contribution is 2.24. The summed E-state index contributed by atoms with van der Waals surface area (Å²) in [6.07, 6.45) is 6.55. The number of aromatic nitrogens is 5. The molecule has 0 fully saturated rings. The Balaban J connectivity index is 1.66. The van der Waals surface area contributed by atoms with Crippen LogP contribution in [0, 0.1) is 0 Å². The van der Waals surface area contributed by atoms with Gasteiger partial charge in [0.1, 0.15) is 17.4 Å². The summed E-state index contributed by atoms with van der Waals surface area (Å²) in [5.74, 6) is -0.291. The Kier molecular flexibility index (Phi) is 7.36. The van der Waals surface area contributed by atoms with Crippen LogP contribution in [0.4, 0.5) is 10.1 Å². The zero-order chi connectivity index (χ0) is 20.5. The number of pyridine rings is 1. The summed E-state index contributed by atoms with van der Waals surface area (Å²) in [7, 11) is 0. The quantitative estimate of drug-likeness (QED) is 0.339. The predicted octanol–water partition coefficient (Wildman–Crippen LogP) is 1.56. The summed E-state index contributed by atoms with van der Waals surface area (Å²) >= 11 is 5.21. The zero-order valence-electron chi connectivity index (χ0n) is 15.5. The highest BCUT2D eigenvalue weighted by atomic mass is 32.1. The normalized spacial score (nSPS) is 10.7. The van der Waals surface area contributed by atoms with E-state index in [1.165, 1.54) is 0 Å². The highest BCUT2D eigenvalue weighted by Gasteiger charge is 2.15. The maximum Gasteiger partial charge on any atom is 0.243 e. The summed E-state index contributed by atoms with van der Waals surface area (Å²) in [5.41, 5.74) is 2.35. The van der Waals surface area contributed by atoms with E-state index >= 15 is 0 Å². The third kappa shape index (κ3) is 5.90. The number of thiocarbonyl (C=S) groups is 1. The second-order valence-electron chi connectivity index (χ2n) is 5.89. The van der Waals surface area contributed by atoms with Gasteiger partial charge in [-0.15, -0.1) is 0 Å². The molecular weight excluding hydrogens is 397 g/mol. The number of alkyl halides is 1. The molecule has 0 spiro atoms. The van der Waals surface area contributed by atoms with Gasteiger partial charge in [-0.2, -0.15) is 10.2 Å². The van der Waals surface area contributed by atoms with Gasteiger partial charge in [0.15, 0.2) is 0 Å². The Hall–Kier alpha value is -3.18. The Morgan fingerprint density at radius 1 is 1.34 bits per heavy atom. The minimum absolute atomic E-state index is 0.0174. The number of nitrogens with zero attached hydrogens (tertiary/aromatic N) is 4. The van der Waals surface area contributed by atoms with Gasteiger partial charge < -0.3 is 15.4 Å². The molecule has 3 rings (SSSR count). The van der Waals surface area contributed by atoms with Crippen LogP contribution in [0.5, 0.6) is 0 Å². The molecule has 0 radical (unpaired) electrons. The molecule has 0 aliphatic rings. The number of ether oxygens (including phenoxy) is 1. The molecule has 0 saturated carbocycles. The zero-order valence-corrected chi connectivity index (χ0v) is 16.3. The average molecular weight is 417 g/mol. The van der Waals surface area contributed by atoms with Crippen LogP contribution >= 0.6 is 12.2 Å². The van der Waals surface area contributed by atoms with Crippen molar-refractivity contribution < 1.29 is 13.9 Å². The second-order valence-corrected chi connectivity index (χ2v) is 6.30. The van der Waals surface area contributed by atoms with Crippen LogP contribution < -0.4 is 10.6 Å². The molecule has 152 valence electrons. The third-order valence-corrected chi connectivity index (χ3v) is 4.18. The number of anilines is 1. The fourth-order valence-corrected chi connectivity index (χ4v) is 2.65. The molecule has 29 heavy (non-hydrogen) atoms. The Morgan fingerprint density at radius 3 is 2.97 bits per heavy atom. The highest BCUT2D eigenvalue weighted by molar-refractivity contribution is 7.80. The van der Waals surface area contributed by atoms with Crippen molar-refractivity contribution in [2.75, 3.05) is 31.7 Å². The monoisotopic (exact) mass is 417 g/mol. The maximum absolute atomic E-state index is 12.4. The fraction of sp³-hybridized carbons (Fsp3) is 0.278. The van der Waals surface area contributed by atoms with Gasteiger partial charge in [-0.1, -0.05) is 18.3 Å². The van der Waals surface area contributed by atoms with Gasteiger partial charge in [0.05, 0.1) is 43.9 Å². The van der Waals surface area contributed by atoms with Crippen LogP contribution in [-0.4, -0.2) is 62.3 Å². The Bertz CT molecular complexity index is 931. The molecule has 3 aromatic heterocycles. The molecule has 0 bridgehead atoms. The SMILES string of the molecule is O=C(CNC(=S)c1cn[nH]c1)Nc1cn(CCOCCF)nc1-c1ccccn1. The smallest absolute Gasteiger partial charge is 0.243 e. The molecule has 3 aromatic rings. The number of aromatic amines is 1. The number of halogens is 1. The van der Waals surface area contributed by atoms with Crippen molar-refractivity contribution in [1.29, 1.82) is 0 Å². The van der Waals surface area contributed by atoms with E-state index in [2.05, 4.69) is 30.9 Å². The molecule has 0 aromatic carbocycles. The van der Waals surface area contributed by atoms with Gasteiger partial charge in [-0.3, -0.25) is 19.6 Å². The largest absolute Gasteiger partial charge is 0.377 e. The molecule has 1 amide bonds. The molecule has 0 aliphatic carbocycles. The second kappa shape index (κ2) is 10.4. The number of nitrogens with one attached hydrogen (secondary N) is 3. The molecule has 0 saturated heterocycles. The minimum Gasteiger partial charge on any atom is -0.377 e. The van der Waals surface area contributed by atoms with E-state index in [0.717, 1.165) is 0 Å². The number of amides is 1. The van der Waals surface area contributed by atoms with E-state index in [1.807, 2.05) is 6.07 Å². The summed E-state index contributed by atoms with van der Waals surface area (Å²) in [6.45, 7) is 0.212. The molecule has 9 nitrogen and oxygen atoms in total. The lowest BCUT2D eigenvalue weighted by Crippen LogP contribution is -2.32. The van der Waals surface area contributed by atoms with Crippen LogP contribution in [-0.2, 0) is 16.1 Å². The van der Waals surface area contributed by atoms with E-state index in [9.17, 15) is 9.18 Å². The van der Waals surface area contributed by atoms with E-state index in [0.29, 0.717) is 40.8 Å². The number of carbonyl (C=O) groups excluding carboxylic acids is 1. The van der Waals surface area contributed by atoms with E-state index in [-0.39, 0.29) is 19.1 Å². The summed E-state index contributed by atoms with van der Waals surface area (Å²) in [6, 6.07) is 5.43. The van der Waals surface area contributed by atoms with E-state index in [1.54, 1.807) is 41.6 Å². The van der Waals surface area contributed by atoms with Gasteiger partial charge in [-0.25, -0.2) is 4.39 Å². The van der Waals surface area contributed by atoms with E-state index < -0.39 is 6.67 Å². The number of H-pyrrole nitrogens is 1. The minimum atomic E-state index is -0.534. The summed E-state index contributed by atoms with van der Waals surface area (Å²) in [5, 5.41) is 16.7. The van der Waals surface area contributed by atoms with Crippen molar-refractivity contribution in [2.24, 2.45) is 0 Å². The fourth-order valence-electron chi connectivity index (χ4n) is 2.47. The van der Waals surface area contributed by atoms with Crippen LogP contribution in [0.25, 0.3) is 11.4 Å². The first kappa shape index (κ1) is 20.6. The third-order valence-electron chi connectivity index (χ3n) is 3.80. The standard InChI is InChI=1S/C18H20FN7O2S/c19-4-7-28-8-6-26-12-15(17(25-26)14-3-1-2-5-20-14)24-16(27)11-21-18(29)13-9-22-23-10-13/h1-3,5,9-10,12H,4,6-8,11H2,(H,21,29)(H,22,23)(H,24,27). The van der Waals surface area contributed by atoms with E-state index in [4.69, 9.17) is 17.0 Å². The van der Waals surface area contributed by atoms with Crippen molar-refractivity contribution in [3.8, 4) is 11.4 Å². The van der Waals surface area contributed by atoms with Crippen molar-refractivity contribution in [2.45, 2.75) is 6.54 Å². The Labute approximate surface area is 171 Å². The lowest BCUT2D eigenvalue weighted by Gasteiger charge is -2.07. The first-order chi connectivity index (χ1) is 14.2. The number of hydrogen-bond acceptors (Lipinski definition) is 6. The van der Waals surface area contributed by atoms with Crippen molar-refractivity contribution in [3.05, 3.63) is 48.5 Å². The number of hydrogen-bond donors (Lipinski definition) is 3. The number of carbonyl (C=O) groups is 1. The first-order valence-corrected chi connectivity index (χ1v) is 9.27. The molecule has 0 atom stereocenters. The lowest BCUT2D eigenvalue weighted by atomic mass is 10.2. The first-order valence-electron chi connectivity index (χ1n) is 8.86. The molecule has 0 unspecified atom stereocenters. The van der Waals surface area contributed by atoms with Crippen molar-refractivity contribution >= 4 is 28.8 Å². The maximum atomic E-state index is 12.4. The predicted molar refractivity (Wildman–Crippen MR) is 109 cm³/mol. The average Bonchev–Trinajstić information content (AvgIpc) is 3.40. The molecular formula is C18H20FN7O2S. The summed E-state index contributed by atoms with van der Waals surface area (Å²) in [4.78, 5) is 17.1. The van der Waals surface area contributed by atoms with Crippen molar-refractivity contribution in [3.63, 3.8) is 0 Å². The van der Waals surface area contributed by atoms with Gasteiger partial charge >= 0.3 is 0 Å². The Morgan fingerprint density at radius 2 is 2.24 bits per heavy atom. The van der Waals surface area contributed by atoms with Crippen LogP contribution in [0.2, 0.25) is 0 Å². The summed E-state index contributed by atoms with van der Waals surface area (Å²) < 4.78 is 18.9. The molecule has 3 N–H and O–H groups in total. The van der Waals surface area contributed by atoms with Gasteiger partial charge in [0, 0.05) is 24.2 Å². The van der Waals surface area contributed by atoms with Crippen LogP contribution in [0.3, 0.4) is 0 Å². The van der Waals surface area contributed by atoms with Gasteiger partial charge in [0.25, 0.3) is 0 Å². The van der Waals surface area contributed by atoms with Gasteiger partial charge in [-0.05, 0) is 12.1 Å². The van der Waals surface area contributed by atoms with Crippen LogP contribution in [0.15, 0.2) is 43.0 Å². The number of rotatable bonds is 10. The van der Waals surface area contributed by atoms with Gasteiger partial charge in [0.2, 0.25) is 5.91 Å². The lowest BCUT2D eigenvalue weighted by molar-refractivity contribution is -0.115. The molecule has 0 aliphatic heterocycles. The topological polar surface area (TPSA) is 110 Å². The van der Waals surface area contributed by atoms with Crippen molar-refractivity contribution in [1.82, 2.24) is 30.3 Å². The molecule has 11 heteroatoms.